The predicted molar refractivity (Wildman–Crippen MR) is 98.5 cm³/mol. The third-order valence-corrected chi connectivity index (χ3v) is 5.42. The van der Waals surface area contributed by atoms with Gasteiger partial charge in [0.25, 0.3) is 0 Å². The SMILES string of the molecule is CS[C@H]1O[C@@H](c2ccc(C)c(CO)c2)[C@H](C)[C@@H](OC(C)=O)[C@@H]1OC(C)=O. The average Bonchev–Trinajstić information content (AvgIpc) is 2.58. The van der Waals surface area contributed by atoms with E-state index in [1.54, 1.807) is 0 Å². The molecule has 6 nitrogen and oxygen atoms in total. The summed E-state index contributed by atoms with van der Waals surface area (Å²) in [6.07, 6.45) is 0.203. The van der Waals surface area contributed by atoms with Gasteiger partial charge >= 0.3 is 11.9 Å². The molecule has 0 amide bonds. The highest BCUT2D eigenvalue weighted by Crippen LogP contribution is 2.42. The number of ether oxygens (including phenoxy) is 3. The number of esters is 2. The van der Waals surface area contributed by atoms with Crippen LogP contribution in [0.2, 0.25) is 0 Å². The summed E-state index contributed by atoms with van der Waals surface area (Å²) < 4.78 is 17.2. The lowest BCUT2D eigenvalue weighted by atomic mass is 9.86. The lowest BCUT2D eigenvalue weighted by Gasteiger charge is -2.44. The van der Waals surface area contributed by atoms with E-state index in [0.717, 1.165) is 16.7 Å². The van der Waals surface area contributed by atoms with Crippen molar-refractivity contribution >= 4 is 23.7 Å². The molecular weight excluding hydrogens is 356 g/mol. The van der Waals surface area contributed by atoms with Crippen LogP contribution in [0.15, 0.2) is 18.2 Å². The number of carbonyl (C=O) groups is 2. The second-order valence-corrected chi connectivity index (χ2v) is 7.45. The van der Waals surface area contributed by atoms with Crippen LogP contribution >= 0.6 is 11.8 Å². The Morgan fingerprint density at radius 3 is 2.35 bits per heavy atom. The summed E-state index contributed by atoms with van der Waals surface area (Å²) in [5.41, 5.74) is 2.24. The lowest BCUT2D eigenvalue weighted by Crippen LogP contribution is -2.52. The fraction of sp³-hybridized carbons (Fsp3) is 0.579. The molecule has 1 aliphatic heterocycles. The minimum absolute atomic E-state index is 0.0593. The Balaban J connectivity index is 2.40. The van der Waals surface area contributed by atoms with Crippen LogP contribution in [0.5, 0.6) is 0 Å². The number of thioether (sulfide) groups is 1. The van der Waals surface area contributed by atoms with Gasteiger partial charge in [0.15, 0.2) is 6.10 Å². The Morgan fingerprint density at radius 2 is 1.81 bits per heavy atom. The summed E-state index contributed by atoms with van der Waals surface area (Å²) in [7, 11) is 0. The first-order chi connectivity index (χ1) is 12.3. The van der Waals surface area contributed by atoms with Crippen LogP contribution in [-0.2, 0) is 30.4 Å². The highest BCUT2D eigenvalue weighted by molar-refractivity contribution is 7.99. The van der Waals surface area contributed by atoms with Crippen LogP contribution < -0.4 is 0 Å². The first-order valence-corrected chi connectivity index (χ1v) is 9.80. The van der Waals surface area contributed by atoms with Crippen molar-refractivity contribution in [1.82, 2.24) is 0 Å². The minimum atomic E-state index is -0.680. The molecule has 1 aromatic rings. The number of carbonyl (C=O) groups excluding carboxylic acids is 2. The zero-order valence-corrected chi connectivity index (χ0v) is 16.5. The van der Waals surface area contributed by atoms with Gasteiger partial charge in [0.05, 0.1) is 12.7 Å². The van der Waals surface area contributed by atoms with Crippen LogP contribution in [0.3, 0.4) is 0 Å². The van der Waals surface area contributed by atoms with Gasteiger partial charge in [0, 0.05) is 19.8 Å². The van der Waals surface area contributed by atoms with E-state index in [4.69, 9.17) is 14.2 Å². The summed E-state index contributed by atoms with van der Waals surface area (Å²) in [4.78, 5) is 23.2. The Labute approximate surface area is 158 Å². The van der Waals surface area contributed by atoms with E-state index in [1.165, 1.54) is 25.6 Å². The zero-order valence-electron chi connectivity index (χ0n) is 15.7. The molecule has 0 bridgehead atoms. The van der Waals surface area contributed by atoms with Gasteiger partial charge in [-0.3, -0.25) is 9.59 Å². The molecule has 5 atom stereocenters. The molecule has 0 spiro atoms. The Hall–Kier alpha value is -1.57. The van der Waals surface area contributed by atoms with Gasteiger partial charge in [0.2, 0.25) is 0 Å². The quantitative estimate of drug-likeness (QED) is 0.784. The third kappa shape index (κ3) is 4.58. The molecule has 0 aliphatic carbocycles. The first-order valence-electron chi connectivity index (χ1n) is 8.51. The molecule has 0 saturated carbocycles. The van der Waals surface area contributed by atoms with Crippen molar-refractivity contribution < 1.29 is 28.9 Å². The molecule has 0 unspecified atom stereocenters. The molecule has 1 aromatic carbocycles. The van der Waals surface area contributed by atoms with Gasteiger partial charge in [-0.25, -0.2) is 0 Å². The van der Waals surface area contributed by atoms with Crippen molar-refractivity contribution in [2.45, 2.75) is 58.0 Å². The monoisotopic (exact) mass is 382 g/mol. The van der Waals surface area contributed by atoms with Gasteiger partial charge in [-0.15, -0.1) is 11.8 Å². The highest BCUT2D eigenvalue weighted by atomic mass is 32.2. The average molecular weight is 382 g/mol. The molecule has 1 aliphatic rings. The minimum Gasteiger partial charge on any atom is -0.458 e. The van der Waals surface area contributed by atoms with Gasteiger partial charge < -0.3 is 19.3 Å². The van der Waals surface area contributed by atoms with E-state index < -0.39 is 29.6 Å². The van der Waals surface area contributed by atoms with Crippen molar-refractivity contribution in [3.05, 3.63) is 34.9 Å². The largest absolute Gasteiger partial charge is 0.458 e. The molecule has 2 rings (SSSR count). The fourth-order valence-corrected chi connectivity index (χ4v) is 3.97. The van der Waals surface area contributed by atoms with Crippen molar-refractivity contribution in [1.29, 1.82) is 0 Å². The van der Waals surface area contributed by atoms with E-state index in [2.05, 4.69) is 0 Å². The summed E-state index contributed by atoms with van der Waals surface area (Å²) >= 11 is 1.40. The fourth-order valence-electron chi connectivity index (χ4n) is 3.26. The van der Waals surface area contributed by atoms with Crippen molar-refractivity contribution in [2.24, 2.45) is 5.92 Å². The molecule has 26 heavy (non-hydrogen) atoms. The molecule has 1 fully saturated rings. The van der Waals surface area contributed by atoms with Crippen LogP contribution in [0, 0.1) is 12.8 Å². The Kier molecular flexibility index (Phi) is 7.08. The maximum Gasteiger partial charge on any atom is 0.303 e. The molecule has 0 radical (unpaired) electrons. The second-order valence-electron chi connectivity index (χ2n) is 6.51. The molecule has 0 aromatic heterocycles. The van der Waals surface area contributed by atoms with Crippen LogP contribution in [0.4, 0.5) is 0 Å². The molecule has 7 heteroatoms. The Morgan fingerprint density at radius 1 is 1.19 bits per heavy atom. The van der Waals surface area contributed by atoms with Gasteiger partial charge in [-0.1, -0.05) is 25.1 Å². The third-order valence-electron chi connectivity index (χ3n) is 4.58. The maximum atomic E-state index is 11.6. The molecule has 1 heterocycles. The van der Waals surface area contributed by atoms with E-state index in [1.807, 2.05) is 38.3 Å². The molecule has 144 valence electrons. The van der Waals surface area contributed by atoms with E-state index in [-0.39, 0.29) is 18.6 Å². The number of hydrogen-bond donors (Lipinski definition) is 1. The van der Waals surface area contributed by atoms with Crippen molar-refractivity contribution in [2.75, 3.05) is 6.26 Å². The number of aryl methyl sites for hydroxylation is 1. The predicted octanol–water partition coefficient (Wildman–Crippen LogP) is 2.75. The molecular formula is C19H26O6S. The van der Waals surface area contributed by atoms with Gasteiger partial charge in [-0.2, -0.15) is 0 Å². The first kappa shape index (κ1) is 20.7. The second kappa shape index (κ2) is 8.88. The maximum absolute atomic E-state index is 11.6. The summed E-state index contributed by atoms with van der Waals surface area (Å²) in [5, 5.41) is 9.55. The number of aliphatic hydroxyl groups excluding tert-OH is 1. The number of aliphatic hydroxyl groups is 1. The standard InChI is InChI=1S/C19H26O6S/c1-10-6-7-14(8-15(10)9-20)16-11(2)17(23-12(3)21)18(24-13(4)22)19(25-16)26-5/h6-8,11,16-20H,9H2,1-5H3/t11-,16+,17+,18-,19+/m0/s1. The molecule has 1 N–H and O–H groups in total. The van der Waals surface area contributed by atoms with Gasteiger partial charge in [0.1, 0.15) is 11.5 Å². The molecule has 1 saturated heterocycles. The van der Waals surface area contributed by atoms with Gasteiger partial charge in [-0.05, 0) is 29.9 Å². The van der Waals surface area contributed by atoms with E-state index in [0.29, 0.717) is 0 Å². The number of benzene rings is 1. The van der Waals surface area contributed by atoms with Crippen LogP contribution in [0.1, 0.15) is 43.6 Å². The summed E-state index contributed by atoms with van der Waals surface area (Å²) in [6, 6.07) is 5.79. The topological polar surface area (TPSA) is 82.1 Å². The van der Waals surface area contributed by atoms with Crippen LogP contribution in [-0.4, -0.2) is 40.9 Å². The lowest BCUT2D eigenvalue weighted by molar-refractivity contribution is -0.208. The van der Waals surface area contributed by atoms with E-state index in [9.17, 15) is 14.7 Å². The highest BCUT2D eigenvalue weighted by Gasteiger charge is 2.48. The van der Waals surface area contributed by atoms with E-state index >= 15 is 0 Å². The van der Waals surface area contributed by atoms with Crippen LogP contribution in [0.25, 0.3) is 0 Å². The number of rotatable bonds is 5. The summed E-state index contributed by atoms with van der Waals surface area (Å²) in [5.74, 6) is -1.11. The van der Waals surface area contributed by atoms with Crippen molar-refractivity contribution in [3.8, 4) is 0 Å². The van der Waals surface area contributed by atoms with Crippen molar-refractivity contribution in [3.63, 3.8) is 0 Å². The number of hydrogen-bond acceptors (Lipinski definition) is 7. The Bertz CT molecular complexity index is 661. The summed E-state index contributed by atoms with van der Waals surface area (Å²) in [6.45, 7) is 6.45. The smallest absolute Gasteiger partial charge is 0.303 e. The normalized spacial score (nSPS) is 28.5. The zero-order chi connectivity index (χ0) is 19.4.